The minimum absolute atomic E-state index is 0.0151. The van der Waals surface area contributed by atoms with Crippen LogP contribution in [0, 0.1) is 6.92 Å². The van der Waals surface area contributed by atoms with Gasteiger partial charge in [0.2, 0.25) is 0 Å². The molecule has 0 heterocycles. The average molecular weight is 517 g/mol. The molecule has 2 atom stereocenters. The van der Waals surface area contributed by atoms with Crippen LogP contribution in [0.2, 0.25) is 0 Å². The first-order valence-electron chi connectivity index (χ1n) is 11.0. The molecule has 0 fully saturated rings. The van der Waals surface area contributed by atoms with Crippen molar-refractivity contribution in [1.29, 1.82) is 0 Å². The van der Waals surface area contributed by atoms with Crippen LogP contribution in [-0.4, -0.2) is 36.3 Å². The molecule has 0 spiro atoms. The van der Waals surface area contributed by atoms with Gasteiger partial charge in [0, 0.05) is 30.4 Å². The first kappa shape index (κ1) is 26.6. The topological polar surface area (TPSA) is 117 Å². The number of allylic oxidation sites excluding steroid dienone is 5. The third kappa shape index (κ3) is 6.76. The van der Waals surface area contributed by atoms with Crippen molar-refractivity contribution in [2.45, 2.75) is 27.7 Å². The molecule has 1 aliphatic carbocycles. The van der Waals surface area contributed by atoms with Crippen molar-refractivity contribution in [3.63, 3.8) is 0 Å². The molecule has 0 saturated heterocycles. The molecule has 0 amide bonds. The number of anilines is 1. The third-order valence-corrected chi connectivity index (χ3v) is 5.90. The predicted molar refractivity (Wildman–Crippen MR) is 141 cm³/mol. The van der Waals surface area contributed by atoms with Gasteiger partial charge in [-0.15, -0.1) is 0 Å². The van der Waals surface area contributed by atoms with Crippen LogP contribution in [0.5, 0.6) is 11.5 Å². The van der Waals surface area contributed by atoms with E-state index in [1.165, 1.54) is 12.1 Å². The summed E-state index contributed by atoms with van der Waals surface area (Å²) >= 11 is -5.19. The Balaban J connectivity index is 2.29. The smallest absolute Gasteiger partial charge is 0.357 e. The summed E-state index contributed by atoms with van der Waals surface area (Å²) in [7, 11) is 0. The van der Waals surface area contributed by atoms with E-state index in [2.05, 4.69) is 10.3 Å². The van der Waals surface area contributed by atoms with Crippen molar-refractivity contribution in [3.05, 3.63) is 82.5 Å². The lowest BCUT2D eigenvalue weighted by molar-refractivity contribution is 0.449. The minimum atomic E-state index is -2.63. The predicted octanol–water partition coefficient (Wildman–Crippen LogP) is 5.24. The van der Waals surface area contributed by atoms with Gasteiger partial charge in [-0.3, -0.25) is 14.1 Å². The van der Waals surface area contributed by atoms with E-state index in [9.17, 15) is 13.0 Å². The number of aliphatic imine (C=N–C) groups is 1. The molecule has 0 saturated carbocycles. The molecule has 10 heteroatoms. The van der Waals surface area contributed by atoms with Crippen LogP contribution in [0.1, 0.15) is 37.5 Å². The Hall–Kier alpha value is -3.05. The van der Waals surface area contributed by atoms with Crippen molar-refractivity contribution in [2.75, 3.05) is 18.4 Å². The van der Waals surface area contributed by atoms with E-state index in [-0.39, 0.29) is 11.5 Å². The van der Waals surface area contributed by atoms with Gasteiger partial charge in [0.1, 0.15) is 5.75 Å². The van der Waals surface area contributed by atoms with Gasteiger partial charge in [-0.25, -0.2) is 0 Å². The zero-order chi connectivity index (χ0) is 25.5. The highest BCUT2D eigenvalue weighted by Gasteiger charge is 2.20. The molecule has 0 aromatic heterocycles. The third-order valence-electron chi connectivity index (χ3n) is 5.25. The molecule has 3 N–H and O–H groups in total. The lowest BCUT2D eigenvalue weighted by Gasteiger charge is -2.19. The second-order valence-corrected chi connectivity index (χ2v) is 8.87. The maximum absolute atomic E-state index is 11.6. The van der Waals surface area contributed by atoms with Crippen LogP contribution in [0.4, 0.5) is 5.69 Å². The van der Waals surface area contributed by atoms with Crippen LogP contribution in [-0.2, 0) is 22.7 Å². The Morgan fingerprint density at radius 3 is 2.34 bits per heavy atom. The largest absolute Gasteiger partial charge is 0.385 e. The van der Waals surface area contributed by atoms with Crippen molar-refractivity contribution >= 4 is 39.7 Å². The Labute approximate surface area is 210 Å². The van der Waals surface area contributed by atoms with Gasteiger partial charge in [-0.05, 0) is 92.0 Å². The number of hydrogen-bond donors (Lipinski definition) is 3. The molecule has 3 rings (SSSR count). The van der Waals surface area contributed by atoms with Crippen LogP contribution >= 0.6 is 0 Å². The highest BCUT2D eigenvalue weighted by molar-refractivity contribution is 7.74. The number of aryl methyl sites for hydroxylation is 1. The standard InChI is InChI=1S/C25H28N2O6S2/c1-5-26-22-11-7-18(13-16(22)3)25(19-8-12-23(27-6-2)17(4)14-19)21-10-9-20(32-34(28)29)15-24(21)33-35(30)31/h7-15,26H,5-6H2,1-4H3,(H,28,29)(H,30,31). The van der Waals surface area contributed by atoms with Crippen molar-refractivity contribution < 1.29 is 25.9 Å². The van der Waals surface area contributed by atoms with Gasteiger partial charge in [0.15, 0.2) is 5.75 Å². The van der Waals surface area contributed by atoms with Crippen molar-refractivity contribution in [1.82, 2.24) is 0 Å². The highest BCUT2D eigenvalue weighted by atomic mass is 32.2. The SMILES string of the molecule is CCN=C1C=CC(=C(c2ccc(NCC)c(C)c2)c2ccc(OS(=O)O)cc2OS(=O)O)C=C1C. The summed E-state index contributed by atoms with van der Waals surface area (Å²) in [6.07, 6.45) is 5.88. The Bertz CT molecular complexity index is 1280. The summed E-state index contributed by atoms with van der Waals surface area (Å²) in [5, 5.41) is 3.33. The van der Waals surface area contributed by atoms with E-state index in [4.69, 9.17) is 12.9 Å². The molecule has 2 aromatic rings. The normalized spacial score (nSPS) is 17.5. The van der Waals surface area contributed by atoms with Crippen molar-refractivity contribution in [3.8, 4) is 11.5 Å². The van der Waals surface area contributed by atoms with E-state index in [0.29, 0.717) is 12.1 Å². The number of benzene rings is 2. The molecule has 186 valence electrons. The zero-order valence-electron chi connectivity index (χ0n) is 19.9. The first-order chi connectivity index (χ1) is 16.7. The lowest BCUT2D eigenvalue weighted by Crippen LogP contribution is -2.07. The molecule has 0 radical (unpaired) electrons. The monoisotopic (exact) mass is 516 g/mol. The molecular weight excluding hydrogens is 488 g/mol. The fourth-order valence-corrected chi connectivity index (χ4v) is 4.39. The molecule has 2 unspecified atom stereocenters. The van der Waals surface area contributed by atoms with Crippen LogP contribution in [0.3, 0.4) is 0 Å². The quantitative estimate of drug-likeness (QED) is 0.390. The second-order valence-electron chi connectivity index (χ2n) is 7.67. The lowest BCUT2D eigenvalue weighted by atomic mass is 9.88. The van der Waals surface area contributed by atoms with Gasteiger partial charge in [-0.2, -0.15) is 8.42 Å². The fraction of sp³-hybridized carbons (Fsp3) is 0.240. The molecule has 1 aliphatic rings. The summed E-state index contributed by atoms with van der Waals surface area (Å²) in [5.41, 5.74) is 6.87. The summed E-state index contributed by atoms with van der Waals surface area (Å²) in [4.78, 5) is 4.51. The van der Waals surface area contributed by atoms with Crippen molar-refractivity contribution in [2.24, 2.45) is 4.99 Å². The van der Waals surface area contributed by atoms with Gasteiger partial charge < -0.3 is 13.7 Å². The number of nitrogens with zero attached hydrogens (tertiary/aromatic N) is 1. The molecule has 0 aliphatic heterocycles. The van der Waals surface area contributed by atoms with Gasteiger partial charge in [-0.1, -0.05) is 12.1 Å². The molecular formula is C25H28N2O6S2. The van der Waals surface area contributed by atoms with Crippen LogP contribution < -0.4 is 13.7 Å². The number of nitrogens with one attached hydrogen (secondary N) is 1. The molecule has 2 aromatic carbocycles. The summed E-state index contributed by atoms with van der Waals surface area (Å²) in [6, 6.07) is 10.4. The maximum Gasteiger partial charge on any atom is 0.357 e. The Morgan fingerprint density at radius 2 is 1.74 bits per heavy atom. The van der Waals surface area contributed by atoms with Gasteiger partial charge in [0.25, 0.3) is 0 Å². The summed E-state index contributed by atoms with van der Waals surface area (Å²) in [5.74, 6) is 0.0403. The number of hydrogen-bond acceptors (Lipinski definition) is 6. The fourth-order valence-electron chi connectivity index (χ4n) is 3.83. The van der Waals surface area contributed by atoms with Gasteiger partial charge >= 0.3 is 22.7 Å². The van der Waals surface area contributed by atoms with E-state index < -0.39 is 22.7 Å². The second kappa shape index (κ2) is 12.1. The molecule has 35 heavy (non-hydrogen) atoms. The first-order valence-corrected chi connectivity index (χ1v) is 13.0. The summed E-state index contributed by atoms with van der Waals surface area (Å²) < 4.78 is 51.3. The average Bonchev–Trinajstić information content (AvgIpc) is 2.78. The summed E-state index contributed by atoms with van der Waals surface area (Å²) in [6.45, 7) is 9.42. The van der Waals surface area contributed by atoms with E-state index in [1.807, 2.05) is 64.1 Å². The highest BCUT2D eigenvalue weighted by Crippen LogP contribution is 2.39. The zero-order valence-corrected chi connectivity index (χ0v) is 21.5. The molecule has 8 nitrogen and oxygen atoms in total. The maximum atomic E-state index is 11.6. The van der Waals surface area contributed by atoms with Gasteiger partial charge in [0.05, 0.1) is 5.71 Å². The van der Waals surface area contributed by atoms with E-state index >= 15 is 0 Å². The Kier molecular flexibility index (Phi) is 9.16. The van der Waals surface area contributed by atoms with Crippen LogP contribution in [0.25, 0.3) is 5.57 Å². The molecule has 0 bridgehead atoms. The number of rotatable bonds is 9. The van der Waals surface area contributed by atoms with E-state index in [1.54, 1.807) is 6.07 Å². The van der Waals surface area contributed by atoms with Crippen LogP contribution in [0.15, 0.2) is 70.8 Å². The van der Waals surface area contributed by atoms with E-state index in [0.717, 1.165) is 45.8 Å². The Morgan fingerprint density at radius 1 is 1.00 bits per heavy atom. The minimum Gasteiger partial charge on any atom is -0.385 e.